The monoisotopic (exact) mass is 209 g/mol. The topological polar surface area (TPSA) is 93.2 Å². The number of imide groups is 1. The second kappa shape index (κ2) is 3.35. The molecule has 0 spiro atoms. The first kappa shape index (κ1) is 9.66. The van der Waals surface area contributed by atoms with Crippen molar-refractivity contribution < 1.29 is 9.59 Å². The molecule has 0 bridgehead atoms. The summed E-state index contributed by atoms with van der Waals surface area (Å²) < 4.78 is 1.69. The Labute approximate surface area is 85.9 Å². The van der Waals surface area contributed by atoms with Crippen molar-refractivity contribution in [2.45, 2.75) is 6.04 Å². The predicted molar refractivity (Wildman–Crippen MR) is 50.4 cm³/mol. The Morgan fingerprint density at radius 3 is 2.87 bits per heavy atom. The molecule has 1 saturated heterocycles. The van der Waals surface area contributed by atoms with Crippen molar-refractivity contribution in [3.8, 4) is 0 Å². The van der Waals surface area contributed by atoms with Crippen LogP contribution in [0, 0.1) is 0 Å². The van der Waals surface area contributed by atoms with Crippen LogP contribution in [0.25, 0.3) is 0 Å². The van der Waals surface area contributed by atoms with Gasteiger partial charge in [0.25, 0.3) is 5.91 Å². The smallest absolute Gasteiger partial charge is 0.326 e. The Kier molecular flexibility index (Phi) is 2.16. The van der Waals surface area contributed by atoms with Gasteiger partial charge in [-0.05, 0) is 0 Å². The van der Waals surface area contributed by atoms with Crippen LogP contribution in [0.3, 0.4) is 0 Å². The van der Waals surface area contributed by atoms with Gasteiger partial charge in [-0.3, -0.25) is 15.0 Å². The van der Waals surface area contributed by atoms with Gasteiger partial charge in [0.2, 0.25) is 0 Å². The number of nitrogens with zero attached hydrogens (tertiary/aromatic N) is 3. The molecule has 7 nitrogen and oxygen atoms in total. The zero-order chi connectivity index (χ0) is 11.0. The molecule has 80 valence electrons. The molecule has 1 aliphatic heterocycles. The van der Waals surface area contributed by atoms with E-state index in [1.165, 1.54) is 4.90 Å². The lowest BCUT2D eigenvalue weighted by molar-refractivity contribution is -0.121. The third-order valence-corrected chi connectivity index (χ3v) is 2.35. The van der Waals surface area contributed by atoms with Crippen LogP contribution < -0.4 is 11.1 Å². The molecule has 2 heterocycles. The molecule has 1 aromatic rings. The van der Waals surface area contributed by atoms with Gasteiger partial charge in [-0.25, -0.2) is 9.78 Å². The summed E-state index contributed by atoms with van der Waals surface area (Å²) in [4.78, 5) is 28.1. The van der Waals surface area contributed by atoms with Crippen LogP contribution in [0.15, 0.2) is 12.4 Å². The van der Waals surface area contributed by atoms with E-state index >= 15 is 0 Å². The minimum absolute atomic E-state index is 0.0188. The van der Waals surface area contributed by atoms with Crippen molar-refractivity contribution in [1.29, 1.82) is 0 Å². The SMILES string of the molecule is Cn1ccnc1C1C(=O)NC(=O)N1CN. The van der Waals surface area contributed by atoms with E-state index in [-0.39, 0.29) is 12.6 Å². The van der Waals surface area contributed by atoms with Crippen molar-refractivity contribution in [3.05, 3.63) is 18.2 Å². The van der Waals surface area contributed by atoms with E-state index in [2.05, 4.69) is 10.3 Å². The van der Waals surface area contributed by atoms with E-state index in [4.69, 9.17) is 5.73 Å². The largest absolute Gasteiger partial charge is 0.336 e. The Morgan fingerprint density at radius 1 is 1.60 bits per heavy atom. The number of imidazole rings is 1. The minimum Gasteiger partial charge on any atom is -0.336 e. The van der Waals surface area contributed by atoms with Crippen LogP contribution in [0.5, 0.6) is 0 Å². The Hall–Kier alpha value is -1.89. The summed E-state index contributed by atoms with van der Waals surface area (Å²) >= 11 is 0. The summed E-state index contributed by atoms with van der Waals surface area (Å²) in [6, 6.07) is -1.20. The minimum atomic E-state index is -0.720. The van der Waals surface area contributed by atoms with Crippen molar-refractivity contribution in [1.82, 2.24) is 19.8 Å². The van der Waals surface area contributed by atoms with Gasteiger partial charge in [0.1, 0.15) is 5.82 Å². The van der Waals surface area contributed by atoms with Gasteiger partial charge in [0.15, 0.2) is 6.04 Å². The summed E-state index contributed by atoms with van der Waals surface area (Å²) in [6.07, 6.45) is 3.28. The highest BCUT2D eigenvalue weighted by atomic mass is 16.2. The number of nitrogens with one attached hydrogen (secondary N) is 1. The van der Waals surface area contributed by atoms with E-state index in [1.807, 2.05) is 0 Å². The molecule has 2 rings (SSSR count). The Balaban J connectivity index is 2.39. The maximum atomic E-state index is 11.5. The first-order valence-corrected chi connectivity index (χ1v) is 4.44. The molecule has 1 unspecified atom stereocenters. The van der Waals surface area contributed by atoms with E-state index in [9.17, 15) is 9.59 Å². The summed E-state index contributed by atoms with van der Waals surface area (Å²) in [5.74, 6) is 0.114. The number of aromatic nitrogens is 2. The molecule has 0 aliphatic carbocycles. The highest BCUT2D eigenvalue weighted by molar-refractivity contribution is 6.04. The van der Waals surface area contributed by atoms with Crippen molar-refractivity contribution in [3.63, 3.8) is 0 Å². The van der Waals surface area contributed by atoms with E-state index in [0.29, 0.717) is 5.82 Å². The molecule has 1 aromatic heterocycles. The van der Waals surface area contributed by atoms with Gasteiger partial charge in [-0.15, -0.1) is 0 Å². The number of carbonyl (C=O) groups excluding carboxylic acids is 2. The van der Waals surface area contributed by atoms with Crippen molar-refractivity contribution in [2.24, 2.45) is 12.8 Å². The molecular weight excluding hydrogens is 198 g/mol. The normalized spacial score (nSPS) is 20.9. The van der Waals surface area contributed by atoms with Crippen LogP contribution in [0.1, 0.15) is 11.9 Å². The van der Waals surface area contributed by atoms with Crippen molar-refractivity contribution >= 4 is 11.9 Å². The zero-order valence-corrected chi connectivity index (χ0v) is 8.17. The van der Waals surface area contributed by atoms with E-state index in [1.54, 1.807) is 24.0 Å². The van der Waals surface area contributed by atoms with Crippen LogP contribution in [0.2, 0.25) is 0 Å². The maximum absolute atomic E-state index is 11.5. The number of aryl methyl sites for hydroxylation is 1. The lowest BCUT2D eigenvalue weighted by atomic mass is 10.2. The Morgan fingerprint density at radius 2 is 2.33 bits per heavy atom. The molecule has 3 amide bonds. The van der Waals surface area contributed by atoms with Gasteiger partial charge < -0.3 is 10.3 Å². The highest BCUT2D eigenvalue weighted by Crippen LogP contribution is 2.22. The summed E-state index contributed by atoms with van der Waals surface area (Å²) in [5.41, 5.74) is 5.41. The quantitative estimate of drug-likeness (QED) is 0.606. The van der Waals surface area contributed by atoms with E-state index in [0.717, 1.165) is 0 Å². The van der Waals surface area contributed by atoms with Gasteiger partial charge >= 0.3 is 6.03 Å². The van der Waals surface area contributed by atoms with Crippen LogP contribution in [-0.2, 0) is 11.8 Å². The number of carbonyl (C=O) groups is 2. The highest BCUT2D eigenvalue weighted by Gasteiger charge is 2.40. The predicted octanol–water partition coefficient (Wildman–Crippen LogP) is -1.07. The fraction of sp³-hybridized carbons (Fsp3) is 0.375. The lowest BCUT2D eigenvalue weighted by Gasteiger charge is -2.18. The number of amides is 3. The molecule has 1 atom stereocenters. The van der Waals surface area contributed by atoms with Gasteiger partial charge in [0.05, 0.1) is 6.67 Å². The van der Waals surface area contributed by atoms with Gasteiger partial charge in [-0.1, -0.05) is 0 Å². The lowest BCUT2D eigenvalue weighted by Crippen LogP contribution is -2.35. The first-order valence-electron chi connectivity index (χ1n) is 4.44. The molecular formula is C8H11N5O2. The Bertz CT molecular complexity index is 413. The molecule has 1 aliphatic rings. The average molecular weight is 209 g/mol. The second-order valence-electron chi connectivity index (χ2n) is 3.25. The molecule has 15 heavy (non-hydrogen) atoms. The third-order valence-electron chi connectivity index (χ3n) is 2.35. The standard InChI is InChI=1S/C8H11N5O2/c1-12-3-2-10-6(12)5-7(14)11-8(15)13(5)4-9/h2-3,5H,4,9H2,1H3,(H,11,14,15). The van der Waals surface area contributed by atoms with Crippen LogP contribution in [0.4, 0.5) is 4.79 Å². The average Bonchev–Trinajstić information content (AvgIpc) is 2.70. The molecule has 0 radical (unpaired) electrons. The molecule has 0 saturated carbocycles. The maximum Gasteiger partial charge on any atom is 0.326 e. The number of nitrogens with two attached hydrogens (primary N) is 1. The number of hydrogen-bond donors (Lipinski definition) is 2. The fourth-order valence-corrected chi connectivity index (χ4v) is 1.59. The van der Waals surface area contributed by atoms with Crippen molar-refractivity contribution in [2.75, 3.05) is 6.67 Å². The number of rotatable bonds is 2. The van der Waals surface area contributed by atoms with E-state index < -0.39 is 12.1 Å². The summed E-state index contributed by atoms with van der Waals surface area (Å²) in [5, 5.41) is 2.20. The van der Waals surface area contributed by atoms with Crippen LogP contribution in [-0.4, -0.2) is 33.1 Å². The summed E-state index contributed by atoms with van der Waals surface area (Å²) in [6.45, 7) is -0.0188. The zero-order valence-electron chi connectivity index (χ0n) is 8.17. The number of urea groups is 1. The molecule has 1 fully saturated rings. The van der Waals surface area contributed by atoms with Crippen LogP contribution >= 0.6 is 0 Å². The molecule has 3 N–H and O–H groups in total. The third kappa shape index (κ3) is 1.37. The molecule has 7 heteroatoms. The number of hydrogen-bond acceptors (Lipinski definition) is 4. The van der Waals surface area contributed by atoms with Gasteiger partial charge in [-0.2, -0.15) is 0 Å². The molecule has 0 aromatic carbocycles. The van der Waals surface area contributed by atoms with Gasteiger partial charge in [0, 0.05) is 19.4 Å². The summed E-state index contributed by atoms with van der Waals surface area (Å²) in [7, 11) is 1.76. The second-order valence-corrected chi connectivity index (χ2v) is 3.25. The first-order chi connectivity index (χ1) is 7.15. The fourth-order valence-electron chi connectivity index (χ4n) is 1.59.